The number of rotatable bonds is 4. The largest absolute Gasteiger partial charge is 0.496 e. The summed E-state index contributed by atoms with van der Waals surface area (Å²) in [6.07, 6.45) is 2.49. The number of hydrogen-bond acceptors (Lipinski definition) is 3. The van der Waals surface area contributed by atoms with Gasteiger partial charge in [0.15, 0.2) is 0 Å². The van der Waals surface area contributed by atoms with Crippen molar-refractivity contribution in [1.82, 2.24) is 4.90 Å². The zero-order valence-corrected chi connectivity index (χ0v) is 12.3. The van der Waals surface area contributed by atoms with Gasteiger partial charge in [-0.3, -0.25) is 4.90 Å². The Hall–Kier alpha value is -1.06. The van der Waals surface area contributed by atoms with Crippen LogP contribution in [0.2, 0.25) is 0 Å². The molecule has 2 rings (SSSR count). The Morgan fingerprint density at radius 3 is 2.79 bits per heavy atom. The summed E-state index contributed by atoms with van der Waals surface area (Å²) in [5.74, 6) is 1.62. The van der Waals surface area contributed by atoms with Crippen molar-refractivity contribution < 1.29 is 4.74 Å². The van der Waals surface area contributed by atoms with Gasteiger partial charge in [-0.2, -0.15) is 0 Å². The highest BCUT2D eigenvalue weighted by Crippen LogP contribution is 2.34. The van der Waals surface area contributed by atoms with E-state index in [4.69, 9.17) is 10.5 Å². The van der Waals surface area contributed by atoms with Crippen LogP contribution in [0.4, 0.5) is 0 Å². The molecule has 1 aromatic rings. The molecule has 1 saturated heterocycles. The van der Waals surface area contributed by atoms with Gasteiger partial charge in [-0.05, 0) is 45.2 Å². The highest BCUT2D eigenvalue weighted by Gasteiger charge is 2.29. The van der Waals surface area contributed by atoms with Gasteiger partial charge in [0, 0.05) is 24.2 Å². The van der Waals surface area contributed by atoms with Gasteiger partial charge in [0.2, 0.25) is 0 Å². The summed E-state index contributed by atoms with van der Waals surface area (Å²) in [6.45, 7) is 6.48. The maximum absolute atomic E-state index is 5.85. The van der Waals surface area contributed by atoms with E-state index >= 15 is 0 Å². The average Bonchev–Trinajstić information content (AvgIpc) is 2.47. The number of nitrogens with two attached hydrogens (primary N) is 1. The van der Waals surface area contributed by atoms with Crippen LogP contribution in [-0.4, -0.2) is 31.1 Å². The van der Waals surface area contributed by atoms with Crippen LogP contribution in [0.3, 0.4) is 0 Å². The van der Waals surface area contributed by atoms with E-state index in [0.717, 1.165) is 18.8 Å². The van der Waals surface area contributed by atoms with E-state index in [1.807, 2.05) is 12.1 Å². The first-order valence-electron chi connectivity index (χ1n) is 7.26. The fourth-order valence-electron chi connectivity index (χ4n) is 3.13. The number of para-hydroxylation sites is 1. The molecule has 3 atom stereocenters. The minimum Gasteiger partial charge on any atom is -0.496 e. The van der Waals surface area contributed by atoms with Crippen LogP contribution >= 0.6 is 0 Å². The highest BCUT2D eigenvalue weighted by atomic mass is 16.5. The monoisotopic (exact) mass is 262 g/mol. The minimum absolute atomic E-state index is 0.375. The molecule has 106 valence electrons. The average molecular weight is 262 g/mol. The Balaban J connectivity index is 2.19. The predicted octanol–water partition coefficient (Wildman–Crippen LogP) is 2.82. The van der Waals surface area contributed by atoms with E-state index in [9.17, 15) is 0 Å². The van der Waals surface area contributed by atoms with Gasteiger partial charge >= 0.3 is 0 Å². The molecular formula is C16H26N2O. The molecule has 3 unspecified atom stereocenters. The molecule has 0 amide bonds. The van der Waals surface area contributed by atoms with Gasteiger partial charge < -0.3 is 10.5 Å². The lowest BCUT2D eigenvalue weighted by Gasteiger charge is -2.41. The molecular weight excluding hydrogens is 236 g/mol. The molecule has 1 aromatic carbocycles. The van der Waals surface area contributed by atoms with Crippen molar-refractivity contribution in [3.63, 3.8) is 0 Å². The molecule has 1 aliphatic heterocycles. The van der Waals surface area contributed by atoms with Crippen LogP contribution in [0.5, 0.6) is 5.75 Å². The first-order valence-corrected chi connectivity index (χ1v) is 7.26. The third-order valence-corrected chi connectivity index (χ3v) is 4.45. The van der Waals surface area contributed by atoms with Gasteiger partial charge in [0.1, 0.15) is 5.75 Å². The number of benzene rings is 1. The summed E-state index contributed by atoms with van der Waals surface area (Å²) in [5, 5.41) is 0. The third kappa shape index (κ3) is 3.10. The van der Waals surface area contributed by atoms with Crippen molar-refractivity contribution in [3.05, 3.63) is 29.8 Å². The molecule has 1 fully saturated rings. The Morgan fingerprint density at radius 2 is 2.11 bits per heavy atom. The van der Waals surface area contributed by atoms with Crippen molar-refractivity contribution >= 4 is 0 Å². The second kappa shape index (κ2) is 6.40. The zero-order valence-electron chi connectivity index (χ0n) is 12.3. The van der Waals surface area contributed by atoms with Crippen LogP contribution in [0.15, 0.2) is 24.3 Å². The summed E-state index contributed by atoms with van der Waals surface area (Å²) in [6, 6.07) is 9.31. The van der Waals surface area contributed by atoms with Crippen LogP contribution in [-0.2, 0) is 0 Å². The van der Waals surface area contributed by atoms with Crippen molar-refractivity contribution in [3.8, 4) is 5.75 Å². The van der Waals surface area contributed by atoms with Gasteiger partial charge in [-0.1, -0.05) is 18.2 Å². The highest BCUT2D eigenvalue weighted by molar-refractivity contribution is 5.35. The number of hydrogen-bond donors (Lipinski definition) is 1. The third-order valence-electron chi connectivity index (χ3n) is 4.45. The fourth-order valence-corrected chi connectivity index (χ4v) is 3.13. The van der Waals surface area contributed by atoms with E-state index in [2.05, 4.69) is 30.9 Å². The van der Waals surface area contributed by atoms with Gasteiger partial charge in [0.25, 0.3) is 0 Å². The summed E-state index contributed by atoms with van der Waals surface area (Å²) in [5.41, 5.74) is 7.13. The van der Waals surface area contributed by atoms with Gasteiger partial charge in [-0.15, -0.1) is 0 Å². The van der Waals surface area contributed by atoms with Crippen molar-refractivity contribution in [1.29, 1.82) is 0 Å². The van der Waals surface area contributed by atoms with Crippen LogP contribution in [0.1, 0.15) is 38.3 Å². The lowest BCUT2D eigenvalue weighted by Crippen LogP contribution is -2.45. The Bertz CT molecular complexity index is 407. The number of nitrogens with zero attached hydrogens (tertiary/aromatic N) is 1. The molecule has 0 aromatic heterocycles. The summed E-state index contributed by atoms with van der Waals surface area (Å²) in [7, 11) is 1.74. The summed E-state index contributed by atoms with van der Waals surface area (Å²) < 4.78 is 5.49. The summed E-state index contributed by atoms with van der Waals surface area (Å²) in [4.78, 5) is 2.57. The maximum Gasteiger partial charge on any atom is 0.123 e. The molecule has 0 saturated carbocycles. The molecule has 2 N–H and O–H groups in total. The SMILES string of the molecule is COc1ccccc1C(C)N1CC(CN)CCC1C. The van der Waals surface area contributed by atoms with E-state index in [1.54, 1.807) is 7.11 Å². The second-order valence-electron chi connectivity index (χ2n) is 5.64. The van der Waals surface area contributed by atoms with Crippen LogP contribution in [0, 0.1) is 5.92 Å². The Morgan fingerprint density at radius 1 is 1.37 bits per heavy atom. The number of likely N-dealkylation sites (tertiary alicyclic amines) is 1. The minimum atomic E-state index is 0.375. The predicted molar refractivity (Wildman–Crippen MR) is 79.4 cm³/mol. The topological polar surface area (TPSA) is 38.5 Å². The second-order valence-corrected chi connectivity index (χ2v) is 5.64. The molecule has 3 nitrogen and oxygen atoms in total. The quantitative estimate of drug-likeness (QED) is 0.907. The number of ether oxygens (including phenoxy) is 1. The molecule has 1 heterocycles. The summed E-state index contributed by atoms with van der Waals surface area (Å²) >= 11 is 0. The van der Waals surface area contributed by atoms with E-state index in [1.165, 1.54) is 18.4 Å². The van der Waals surface area contributed by atoms with Crippen LogP contribution in [0.25, 0.3) is 0 Å². The lowest BCUT2D eigenvalue weighted by atomic mass is 9.91. The van der Waals surface area contributed by atoms with Crippen molar-refractivity contribution in [2.75, 3.05) is 20.2 Å². The Kier molecular flexibility index (Phi) is 4.83. The van der Waals surface area contributed by atoms with Crippen molar-refractivity contribution in [2.24, 2.45) is 11.7 Å². The van der Waals surface area contributed by atoms with Crippen molar-refractivity contribution in [2.45, 2.75) is 38.8 Å². The molecule has 0 spiro atoms. The zero-order chi connectivity index (χ0) is 13.8. The lowest BCUT2D eigenvalue weighted by molar-refractivity contribution is 0.0801. The van der Waals surface area contributed by atoms with E-state index in [0.29, 0.717) is 18.0 Å². The molecule has 0 bridgehead atoms. The smallest absolute Gasteiger partial charge is 0.123 e. The number of piperidine rings is 1. The molecule has 19 heavy (non-hydrogen) atoms. The van der Waals surface area contributed by atoms with Gasteiger partial charge in [0.05, 0.1) is 7.11 Å². The number of methoxy groups -OCH3 is 1. The first kappa shape index (κ1) is 14.4. The molecule has 0 aliphatic carbocycles. The Labute approximate surface area is 116 Å². The van der Waals surface area contributed by atoms with E-state index < -0.39 is 0 Å². The normalized spacial score (nSPS) is 26.1. The van der Waals surface area contributed by atoms with E-state index in [-0.39, 0.29) is 0 Å². The molecule has 0 radical (unpaired) electrons. The standard InChI is InChI=1S/C16H26N2O/c1-12-8-9-14(10-17)11-18(12)13(2)15-6-4-5-7-16(15)19-3/h4-7,12-14H,8-11,17H2,1-3H3. The first-order chi connectivity index (χ1) is 9.17. The van der Waals surface area contributed by atoms with Crippen LogP contribution < -0.4 is 10.5 Å². The fraction of sp³-hybridized carbons (Fsp3) is 0.625. The maximum atomic E-state index is 5.85. The molecule has 3 heteroatoms. The molecule has 1 aliphatic rings. The van der Waals surface area contributed by atoms with Gasteiger partial charge in [-0.25, -0.2) is 0 Å².